The Hall–Kier alpha value is -10.3. The van der Waals surface area contributed by atoms with Crippen molar-refractivity contribution in [3.63, 3.8) is 0 Å². The Morgan fingerprint density at radius 1 is 0.624 bits per heavy atom. The first kappa shape index (κ1) is 74.9. The first-order valence-corrected chi connectivity index (χ1v) is 35.2. The number of thioether (sulfide) groups is 2. The molecule has 9 rings (SSSR count). The summed E-state index contributed by atoms with van der Waals surface area (Å²) < 4.78 is 29.9. The van der Waals surface area contributed by atoms with Gasteiger partial charge in [0, 0.05) is 102 Å². The third-order valence-electron chi connectivity index (χ3n) is 17.3. The number of carbonyl (C=O) groups excluding carboxylic acids is 10. The number of halogens is 2. The number of phenolic OH excluding ortho intramolecular Hbond substituents is 1. The Kier molecular flexibility index (Phi) is 26.4. The fraction of sp³-hybridized carbons (Fsp3) is 0.391. The standard InChI is InChI=1S/C69H81F2N15O13S2/c1-37-62(92)80-52(24-41-30-75-49-16-12-43(70)26-47(41)49)64(94)81-53(25-42-31-76-50-17-13-44(71)27-48(42)50)65(95)83-55(29-60(89)90)67(97)82-54(28-45-32-74-36-77-45)66(96)84-56(23-38-10-14-46(87)15-11-38)69(99)86-20-5-9-58(86)68(98)85-57(61(73)91)35-101-34-40-7-4-6-39(22-40)33-100-21-18-59(88)79-51(63(93)78-37)8-2-3-19-72/h4,6-7,10-17,22,26-27,30-32,36-37,51-58,75-76,87H,2-3,5,8-9,18-21,23-25,28-29,33-35,72H2,1H3,(H2,73,91)(H,74,77)(H,78,93)(H,79,88)(H,80,92)(H,81,94)(H,82,97)(H,83,95)(H,84,96)(H,85,98)(H,89,90)/t37-,51-,52-,53-,54-,55-,56-,57-,58-/m0/s1. The van der Waals surface area contributed by atoms with Gasteiger partial charge in [-0.05, 0) is 122 Å². The molecule has 0 saturated carbocycles. The maximum absolute atomic E-state index is 15.1. The largest absolute Gasteiger partial charge is 0.508 e. The first-order valence-electron chi connectivity index (χ1n) is 32.9. The summed E-state index contributed by atoms with van der Waals surface area (Å²) >= 11 is 2.79. The van der Waals surface area contributed by atoms with Crippen LogP contribution in [0, 0.1) is 11.6 Å². The quantitative estimate of drug-likeness (QED) is 0.0654. The van der Waals surface area contributed by atoms with Gasteiger partial charge in [-0.3, -0.25) is 52.7 Å². The number of fused-ring (bicyclic) bond motifs is 5. The molecule has 2 bridgehead atoms. The monoisotopic (exact) mass is 1430 g/mol. The highest BCUT2D eigenvalue weighted by Crippen LogP contribution is 2.26. The molecule has 536 valence electrons. The summed E-state index contributed by atoms with van der Waals surface area (Å²) in [7, 11) is 0. The SMILES string of the molecule is C[C@@H]1NC(=O)[C@H](CCCCN)NC(=O)CCSCc2cccc(c2)CSC[C@@H](C(N)=O)NC(=O)[C@@H]2CCCN2C(=O)[C@H](Cc2ccc(O)cc2)NC(=O)[C@H](Cc2c[nH]cn2)NC(=O)[C@H](CC(=O)O)NC(=O)[C@H](Cc2c[nH]c3ccc(F)cc23)NC(=O)[C@H](Cc2c[nH]c3ccc(F)cc23)NC1=O. The zero-order chi connectivity index (χ0) is 72.3. The van der Waals surface area contributed by atoms with E-state index >= 15 is 14.4 Å². The maximum atomic E-state index is 15.1. The second-order valence-electron chi connectivity index (χ2n) is 24.9. The molecular formula is C69H81F2N15O13S2. The van der Waals surface area contributed by atoms with E-state index in [1.807, 2.05) is 24.3 Å². The summed E-state index contributed by atoms with van der Waals surface area (Å²) in [4.78, 5) is 171. The number of H-pyrrole nitrogens is 3. The number of aromatic nitrogens is 4. The summed E-state index contributed by atoms with van der Waals surface area (Å²) in [5.41, 5.74) is 15.5. The molecule has 7 aromatic rings. The second-order valence-corrected chi connectivity index (χ2v) is 27.0. The van der Waals surface area contributed by atoms with Gasteiger partial charge in [0.15, 0.2) is 0 Å². The Balaban J connectivity index is 1.06. The van der Waals surface area contributed by atoms with Crippen molar-refractivity contribution in [2.75, 3.05) is 24.6 Å². The van der Waals surface area contributed by atoms with E-state index in [0.29, 0.717) is 70.6 Å². The van der Waals surface area contributed by atoms with Crippen molar-refractivity contribution in [3.8, 4) is 5.75 Å². The van der Waals surface area contributed by atoms with Gasteiger partial charge < -0.3 is 84.1 Å². The lowest BCUT2D eigenvalue weighted by Crippen LogP contribution is -2.61. The lowest BCUT2D eigenvalue weighted by molar-refractivity contribution is -0.143. The van der Waals surface area contributed by atoms with Crippen LogP contribution in [0.1, 0.15) is 85.4 Å². The van der Waals surface area contributed by atoms with Gasteiger partial charge in [0.05, 0.1) is 18.4 Å². The van der Waals surface area contributed by atoms with Crippen LogP contribution in [0.5, 0.6) is 5.75 Å². The molecule has 1 saturated heterocycles. The van der Waals surface area contributed by atoms with Crippen LogP contribution in [-0.4, -0.2) is 179 Å². The number of benzene rings is 4. The number of phenols is 1. The van der Waals surface area contributed by atoms with Gasteiger partial charge in [-0.2, -0.15) is 23.5 Å². The molecule has 4 aromatic carbocycles. The van der Waals surface area contributed by atoms with Gasteiger partial charge in [0.25, 0.3) is 0 Å². The number of nitrogens with zero attached hydrogens (tertiary/aromatic N) is 2. The van der Waals surface area contributed by atoms with Crippen molar-refractivity contribution in [2.24, 2.45) is 11.5 Å². The average molecular weight is 1430 g/mol. The van der Waals surface area contributed by atoms with Crippen LogP contribution < -0.4 is 54.0 Å². The van der Waals surface area contributed by atoms with Gasteiger partial charge in [-0.15, -0.1) is 0 Å². The van der Waals surface area contributed by atoms with Crippen molar-refractivity contribution in [3.05, 3.63) is 155 Å². The molecule has 10 amide bonds. The Labute approximate surface area is 587 Å². The number of aromatic amines is 3. The Morgan fingerprint density at radius 3 is 1.79 bits per heavy atom. The van der Waals surface area contributed by atoms with Gasteiger partial charge in [0.2, 0.25) is 59.1 Å². The highest BCUT2D eigenvalue weighted by molar-refractivity contribution is 7.98. The Morgan fingerprint density at radius 2 is 1.20 bits per heavy atom. The molecule has 0 aliphatic carbocycles. The van der Waals surface area contributed by atoms with Crippen LogP contribution in [0.15, 0.2) is 110 Å². The second kappa shape index (κ2) is 35.6. The number of unbranched alkanes of at least 4 members (excludes halogenated alkanes) is 1. The van der Waals surface area contributed by atoms with Gasteiger partial charge >= 0.3 is 5.97 Å². The molecule has 1 fully saturated rings. The van der Waals surface area contributed by atoms with E-state index in [-0.39, 0.29) is 66.8 Å². The highest BCUT2D eigenvalue weighted by atomic mass is 32.2. The van der Waals surface area contributed by atoms with Gasteiger partial charge in [0.1, 0.15) is 71.8 Å². The van der Waals surface area contributed by atoms with Crippen LogP contribution in [-0.2, 0) is 89.9 Å². The molecule has 9 atom stereocenters. The van der Waals surface area contributed by atoms with Crippen molar-refractivity contribution in [1.82, 2.24) is 67.4 Å². The predicted molar refractivity (Wildman–Crippen MR) is 372 cm³/mol. The van der Waals surface area contributed by atoms with E-state index in [2.05, 4.69) is 62.5 Å². The predicted octanol–water partition coefficient (Wildman–Crippen LogP) is 2.18. The lowest BCUT2D eigenvalue weighted by Gasteiger charge is -2.31. The van der Waals surface area contributed by atoms with Crippen molar-refractivity contribution < 1.29 is 71.7 Å². The summed E-state index contributed by atoms with van der Waals surface area (Å²) in [6, 6.07) is 7.41. The van der Waals surface area contributed by atoms with E-state index in [1.54, 1.807) is 0 Å². The van der Waals surface area contributed by atoms with Crippen LogP contribution >= 0.6 is 23.5 Å². The minimum absolute atomic E-state index is 0.00604. The molecule has 32 heteroatoms. The number of carboxylic acids is 1. The molecule has 28 nitrogen and oxygen atoms in total. The van der Waals surface area contributed by atoms with Crippen molar-refractivity contribution in [1.29, 1.82) is 0 Å². The number of nitrogens with two attached hydrogens (primary N) is 2. The highest BCUT2D eigenvalue weighted by Gasteiger charge is 2.41. The maximum Gasteiger partial charge on any atom is 0.305 e. The fourth-order valence-electron chi connectivity index (χ4n) is 12.0. The average Bonchev–Trinajstić information content (AvgIpc) is 1.73. The summed E-state index contributed by atoms with van der Waals surface area (Å²) in [5, 5.41) is 42.2. The smallest absolute Gasteiger partial charge is 0.305 e. The molecule has 2 aliphatic heterocycles. The minimum atomic E-state index is -2.05. The molecule has 5 heterocycles. The number of imidazole rings is 1. The first-order chi connectivity index (χ1) is 48.5. The fourth-order valence-corrected chi connectivity index (χ4v) is 13.9. The molecule has 0 radical (unpaired) electrons. The molecular weight excluding hydrogens is 1350 g/mol. The van der Waals surface area contributed by atoms with E-state index < -0.39 is 150 Å². The number of nitrogens with one attached hydrogen (secondary N) is 11. The van der Waals surface area contributed by atoms with Gasteiger partial charge in [-0.25, -0.2) is 13.8 Å². The number of carboxylic acid groups (broad SMARTS) is 1. The summed E-state index contributed by atoms with van der Waals surface area (Å²) in [5.74, 6) is -10.7. The number of primary amides is 1. The molecule has 17 N–H and O–H groups in total. The van der Waals surface area contributed by atoms with Crippen LogP contribution in [0.3, 0.4) is 0 Å². The molecule has 2 aliphatic rings. The number of aliphatic carboxylic acids is 1. The third-order valence-corrected chi connectivity index (χ3v) is 19.4. The Bertz CT molecular complexity index is 4140. The lowest BCUT2D eigenvalue weighted by atomic mass is 10.0. The number of carbonyl (C=O) groups is 11. The number of aromatic hydroxyl groups is 1. The third kappa shape index (κ3) is 21.1. The number of hydrogen-bond acceptors (Lipinski definition) is 16. The normalized spacial score (nSPS) is 22.7. The molecule has 101 heavy (non-hydrogen) atoms. The van der Waals surface area contributed by atoms with E-state index in [9.17, 15) is 57.4 Å². The van der Waals surface area contributed by atoms with Crippen LogP contribution in [0.2, 0.25) is 0 Å². The number of hydrogen-bond donors (Lipinski definition) is 15. The topological polar surface area (TPSA) is 440 Å². The molecule has 0 spiro atoms. The van der Waals surface area contributed by atoms with Gasteiger partial charge in [-0.1, -0.05) is 36.4 Å². The van der Waals surface area contributed by atoms with Crippen LogP contribution in [0.25, 0.3) is 21.8 Å². The van der Waals surface area contributed by atoms with E-state index in [1.165, 1.54) is 115 Å². The van der Waals surface area contributed by atoms with E-state index in [4.69, 9.17) is 11.5 Å². The zero-order valence-corrected chi connectivity index (χ0v) is 56.7. The van der Waals surface area contributed by atoms with Crippen LogP contribution in [0.4, 0.5) is 8.78 Å². The summed E-state index contributed by atoms with van der Waals surface area (Å²) in [6.07, 6.45) is 4.52. The van der Waals surface area contributed by atoms with Crippen molar-refractivity contribution >= 4 is 110 Å². The number of rotatable bonds is 15. The molecule has 0 unspecified atom stereocenters. The van der Waals surface area contributed by atoms with Crippen molar-refractivity contribution in [2.45, 2.75) is 143 Å². The molecule has 3 aromatic heterocycles. The summed E-state index contributed by atoms with van der Waals surface area (Å²) in [6.45, 7) is 1.66. The minimum Gasteiger partial charge on any atom is -0.508 e. The zero-order valence-electron chi connectivity index (χ0n) is 55.1. The number of amides is 10. The van der Waals surface area contributed by atoms with E-state index in [0.717, 1.165) is 17.2 Å².